The van der Waals surface area contributed by atoms with Crippen LogP contribution in [0.5, 0.6) is 0 Å². The van der Waals surface area contributed by atoms with Gasteiger partial charge in [-0.25, -0.2) is 4.98 Å². The van der Waals surface area contributed by atoms with Gasteiger partial charge in [0.1, 0.15) is 5.52 Å². The maximum Gasteiger partial charge on any atom is 0.211 e. The summed E-state index contributed by atoms with van der Waals surface area (Å²) in [5, 5.41) is 11.1. The number of thioether (sulfide) groups is 1. The van der Waals surface area contributed by atoms with Crippen molar-refractivity contribution in [3.05, 3.63) is 59.1 Å². The van der Waals surface area contributed by atoms with Gasteiger partial charge in [-0.2, -0.15) is 0 Å². The normalized spacial score (nSPS) is 11.4. The average molecular weight is 341 g/mol. The molecule has 0 amide bonds. The van der Waals surface area contributed by atoms with E-state index < -0.39 is 0 Å². The predicted octanol–water partition coefficient (Wildman–Crippen LogP) is 4.46. The second kappa shape index (κ2) is 5.83. The standard InChI is InChI=1S/C17H13ClN4S/c1-22-14-9-5-3-7-12(14)15-16(22)19-17(21-20-15)23-10-11-6-2-4-8-13(11)18/h2-9H,10H2,1H3. The molecule has 0 unspecified atom stereocenters. The molecule has 0 spiro atoms. The third-order valence-electron chi connectivity index (χ3n) is 3.80. The molecule has 6 heteroatoms. The Labute approximate surface area is 142 Å². The van der Waals surface area contributed by atoms with Crippen molar-refractivity contribution in [2.24, 2.45) is 7.05 Å². The number of para-hydroxylation sites is 1. The minimum absolute atomic E-state index is 0.656. The van der Waals surface area contributed by atoms with E-state index in [1.807, 2.05) is 49.5 Å². The first kappa shape index (κ1) is 14.5. The van der Waals surface area contributed by atoms with Gasteiger partial charge in [-0.15, -0.1) is 10.2 Å². The minimum atomic E-state index is 0.656. The van der Waals surface area contributed by atoms with Crippen LogP contribution in [0.3, 0.4) is 0 Å². The Morgan fingerprint density at radius 3 is 2.70 bits per heavy atom. The molecule has 4 nitrogen and oxygen atoms in total. The highest BCUT2D eigenvalue weighted by Crippen LogP contribution is 2.28. The van der Waals surface area contributed by atoms with Gasteiger partial charge in [0.2, 0.25) is 5.16 Å². The Balaban J connectivity index is 1.70. The van der Waals surface area contributed by atoms with E-state index in [1.54, 1.807) is 0 Å². The summed E-state index contributed by atoms with van der Waals surface area (Å²) in [4.78, 5) is 4.67. The molecule has 2 aromatic carbocycles. The van der Waals surface area contributed by atoms with Gasteiger partial charge in [-0.3, -0.25) is 0 Å². The zero-order chi connectivity index (χ0) is 15.8. The molecule has 0 fully saturated rings. The lowest BCUT2D eigenvalue weighted by Gasteiger charge is -2.03. The number of benzene rings is 2. The van der Waals surface area contributed by atoms with E-state index in [1.165, 1.54) is 11.8 Å². The number of fused-ring (bicyclic) bond motifs is 3. The van der Waals surface area contributed by atoms with Crippen LogP contribution < -0.4 is 0 Å². The van der Waals surface area contributed by atoms with E-state index in [2.05, 4.69) is 25.8 Å². The van der Waals surface area contributed by atoms with Gasteiger partial charge < -0.3 is 4.57 Å². The first-order chi connectivity index (χ1) is 11.2. The van der Waals surface area contributed by atoms with E-state index in [4.69, 9.17) is 11.6 Å². The molecule has 0 atom stereocenters. The first-order valence-electron chi connectivity index (χ1n) is 7.18. The van der Waals surface area contributed by atoms with Gasteiger partial charge in [-0.05, 0) is 17.7 Å². The monoisotopic (exact) mass is 340 g/mol. The lowest BCUT2D eigenvalue weighted by molar-refractivity contribution is 0.855. The van der Waals surface area contributed by atoms with Gasteiger partial charge in [0, 0.05) is 23.2 Å². The minimum Gasteiger partial charge on any atom is -0.327 e. The number of hydrogen-bond donors (Lipinski definition) is 0. The highest BCUT2D eigenvalue weighted by Gasteiger charge is 2.12. The molecule has 2 aromatic heterocycles. The van der Waals surface area contributed by atoms with E-state index in [9.17, 15) is 0 Å². The quantitative estimate of drug-likeness (QED) is 0.516. The summed E-state index contributed by atoms with van der Waals surface area (Å²) < 4.78 is 2.05. The van der Waals surface area contributed by atoms with E-state index >= 15 is 0 Å². The first-order valence-corrected chi connectivity index (χ1v) is 8.54. The molecule has 0 aliphatic heterocycles. The largest absolute Gasteiger partial charge is 0.327 e. The van der Waals surface area contributed by atoms with Crippen molar-refractivity contribution in [3.63, 3.8) is 0 Å². The predicted molar refractivity (Wildman–Crippen MR) is 94.8 cm³/mol. The van der Waals surface area contributed by atoms with Crippen molar-refractivity contribution in [2.75, 3.05) is 0 Å². The SMILES string of the molecule is Cn1c2ccccc2c2nnc(SCc3ccccc3Cl)nc21. The van der Waals surface area contributed by atoms with Crippen molar-refractivity contribution >= 4 is 45.4 Å². The second-order valence-corrected chi connectivity index (χ2v) is 6.57. The van der Waals surface area contributed by atoms with Gasteiger partial charge in [0.05, 0.1) is 5.52 Å². The van der Waals surface area contributed by atoms with Crippen molar-refractivity contribution in [2.45, 2.75) is 10.9 Å². The van der Waals surface area contributed by atoms with Crippen LogP contribution in [0.25, 0.3) is 22.1 Å². The Kier molecular flexibility index (Phi) is 3.67. The van der Waals surface area contributed by atoms with Crippen LogP contribution in [0.15, 0.2) is 53.7 Å². The number of hydrogen-bond acceptors (Lipinski definition) is 4. The van der Waals surface area contributed by atoms with Crippen molar-refractivity contribution in [1.82, 2.24) is 19.7 Å². The summed E-state index contributed by atoms with van der Waals surface area (Å²) in [6.45, 7) is 0. The molecular weight excluding hydrogens is 328 g/mol. The van der Waals surface area contributed by atoms with Crippen LogP contribution in [0.2, 0.25) is 5.02 Å². The smallest absolute Gasteiger partial charge is 0.211 e. The Hall–Kier alpha value is -2.11. The molecule has 4 rings (SSSR count). The van der Waals surface area contributed by atoms with E-state index in [0.29, 0.717) is 5.16 Å². The molecule has 0 radical (unpaired) electrons. The molecular formula is C17H13ClN4S. The lowest BCUT2D eigenvalue weighted by atomic mass is 10.2. The van der Waals surface area contributed by atoms with Crippen LogP contribution in [0, 0.1) is 0 Å². The van der Waals surface area contributed by atoms with Crippen molar-refractivity contribution in [1.29, 1.82) is 0 Å². The maximum atomic E-state index is 6.19. The Morgan fingerprint density at radius 2 is 1.83 bits per heavy atom. The zero-order valence-corrected chi connectivity index (χ0v) is 14.0. The lowest BCUT2D eigenvalue weighted by Crippen LogP contribution is -1.96. The fourth-order valence-corrected chi connectivity index (χ4v) is 3.68. The third-order valence-corrected chi connectivity index (χ3v) is 5.06. The molecule has 2 heterocycles. The summed E-state index contributed by atoms with van der Waals surface area (Å²) in [5.41, 5.74) is 3.87. The molecule has 23 heavy (non-hydrogen) atoms. The fourth-order valence-electron chi connectivity index (χ4n) is 2.61. The molecule has 0 aliphatic rings. The number of aryl methyl sites for hydroxylation is 1. The Bertz CT molecular complexity index is 1010. The number of halogens is 1. The molecule has 0 bridgehead atoms. The van der Waals surface area contributed by atoms with Crippen molar-refractivity contribution in [3.8, 4) is 0 Å². The van der Waals surface area contributed by atoms with Crippen LogP contribution >= 0.6 is 23.4 Å². The fraction of sp³-hybridized carbons (Fsp3) is 0.118. The highest BCUT2D eigenvalue weighted by molar-refractivity contribution is 7.98. The summed E-state index contributed by atoms with van der Waals surface area (Å²) >= 11 is 7.73. The van der Waals surface area contributed by atoms with E-state index in [0.717, 1.165) is 38.4 Å². The molecule has 0 saturated heterocycles. The summed E-state index contributed by atoms with van der Waals surface area (Å²) in [6, 6.07) is 15.9. The van der Waals surface area contributed by atoms with Crippen LogP contribution in [-0.2, 0) is 12.8 Å². The van der Waals surface area contributed by atoms with Crippen LogP contribution in [0.4, 0.5) is 0 Å². The average Bonchev–Trinajstić information content (AvgIpc) is 2.87. The van der Waals surface area contributed by atoms with E-state index in [-0.39, 0.29) is 0 Å². The van der Waals surface area contributed by atoms with Gasteiger partial charge in [0.15, 0.2) is 5.65 Å². The number of nitrogens with zero attached hydrogens (tertiary/aromatic N) is 4. The maximum absolute atomic E-state index is 6.19. The molecule has 114 valence electrons. The molecule has 0 aliphatic carbocycles. The highest BCUT2D eigenvalue weighted by atomic mass is 35.5. The topological polar surface area (TPSA) is 43.6 Å². The second-order valence-electron chi connectivity index (χ2n) is 5.22. The summed E-state index contributed by atoms with van der Waals surface area (Å²) in [7, 11) is 2.00. The summed E-state index contributed by atoms with van der Waals surface area (Å²) in [5.74, 6) is 0.719. The Morgan fingerprint density at radius 1 is 1.04 bits per heavy atom. The van der Waals surface area contributed by atoms with Crippen molar-refractivity contribution < 1.29 is 0 Å². The third kappa shape index (κ3) is 2.56. The molecule has 0 saturated carbocycles. The number of rotatable bonds is 3. The molecule has 4 aromatic rings. The van der Waals surface area contributed by atoms with Crippen LogP contribution in [-0.4, -0.2) is 19.7 Å². The zero-order valence-electron chi connectivity index (χ0n) is 12.4. The van der Waals surface area contributed by atoms with Gasteiger partial charge >= 0.3 is 0 Å². The van der Waals surface area contributed by atoms with Gasteiger partial charge in [0.25, 0.3) is 0 Å². The number of aromatic nitrogens is 4. The summed E-state index contributed by atoms with van der Waals surface area (Å²) in [6.07, 6.45) is 0. The molecule has 0 N–H and O–H groups in total. The van der Waals surface area contributed by atoms with Crippen LogP contribution in [0.1, 0.15) is 5.56 Å². The van der Waals surface area contributed by atoms with Gasteiger partial charge in [-0.1, -0.05) is 59.8 Å².